The monoisotopic (exact) mass is 265 g/mol. The van der Waals surface area contributed by atoms with Crippen LogP contribution < -0.4 is 0 Å². The van der Waals surface area contributed by atoms with Crippen molar-refractivity contribution in [2.75, 3.05) is 0 Å². The molecule has 20 heavy (non-hydrogen) atoms. The number of carboxylic acids is 1. The summed E-state index contributed by atoms with van der Waals surface area (Å²) in [5, 5.41) is 19.6. The summed E-state index contributed by atoms with van der Waals surface area (Å²) in [5.74, 6) is -0.819. The van der Waals surface area contributed by atoms with E-state index in [0.29, 0.717) is 5.52 Å². The Bertz CT molecular complexity index is 794. The smallest absolute Gasteiger partial charge is 0.335 e. The Hall–Kier alpha value is -2.88. The minimum Gasteiger partial charge on any atom is -0.506 e. The fourth-order valence-electron chi connectivity index (χ4n) is 2.20. The number of aromatic hydroxyl groups is 1. The Morgan fingerprint density at radius 2 is 1.75 bits per heavy atom. The maximum Gasteiger partial charge on any atom is 0.335 e. The standard InChI is InChI=1S/C16H11NO3/c18-14-8-7-12(13-2-1-9-17-15(13)14)10-3-5-11(6-4-10)16(19)20/h1-9,18H,(H,19,20). The van der Waals surface area contributed by atoms with Gasteiger partial charge in [-0.05, 0) is 41.5 Å². The quantitative estimate of drug-likeness (QED) is 0.745. The van der Waals surface area contributed by atoms with Crippen LogP contribution in [0.5, 0.6) is 5.75 Å². The molecule has 3 aromatic rings. The Kier molecular flexibility index (Phi) is 2.84. The van der Waals surface area contributed by atoms with Gasteiger partial charge in [-0.25, -0.2) is 4.79 Å². The van der Waals surface area contributed by atoms with Gasteiger partial charge in [-0.3, -0.25) is 4.98 Å². The van der Waals surface area contributed by atoms with Crippen molar-refractivity contribution in [3.8, 4) is 16.9 Å². The minimum absolute atomic E-state index is 0.131. The van der Waals surface area contributed by atoms with E-state index in [2.05, 4.69) is 4.98 Å². The molecule has 0 spiro atoms. The SMILES string of the molecule is O=C(O)c1ccc(-c2ccc(O)c3ncccc23)cc1. The molecule has 0 atom stereocenters. The van der Waals surface area contributed by atoms with Gasteiger partial charge in [0.15, 0.2) is 0 Å². The number of nitrogens with zero attached hydrogens (tertiary/aromatic N) is 1. The lowest BCUT2D eigenvalue weighted by Crippen LogP contribution is -1.95. The predicted octanol–water partition coefficient (Wildman–Crippen LogP) is 3.31. The van der Waals surface area contributed by atoms with Crippen LogP contribution in [0.2, 0.25) is 0 Å². The second-order valence-corrected chi connectivity index (χ2v) is 4.41. The number of aromatic nitrogens is 1. The summed E-state index contributed by atoms with van der Waals surface area (Å²) >= 11 is 0. The first-order valence-corrected chi connectivity index (χ1v) is 6.07. The topological polar surface area (TPSA) is 70.4 Å². The molecular formula is C16H11NO3. The molecule has 0 saturated heterocycles. The van der Waals surface area contributed by atoms with Gasteiger partial charge in [0, 0.05) is 11.6 Å². The van der Waals surface area contributed by atoms with E-state index in [1.165, 1.54) is 0 Å². The number of rotatable bonds is 2. The lowest BCUT2D eigenvalue weighted by atomic mass is 9.99. The van der Waals surface area contributed by atoms with Gasteiger partial charge in [-0.15, -0.1) is 0 Å². The third-order valence-electron chi connectivity index (χ3n) is 3.19. The summed E-state index contributed by atoms with van der Waals surface area (Å²) < 4.78 is 0. The van der Waals surface area contributed by atoms with Gasteiger partial charge in [0.25, 0.3) is 0 Å². The first kappa shape index (κ1) is 12.2. The minimum atomic E-state index is -0.950. The van der Waals surface area contributed by atoms with E-state index in [0.717, 1.165) is 16.5 Å². The second kappa shape index (κ2) is 4.66. The van der Waals surface area contributed by atoms with Crippen LogP contribution >= 0.6 is 0 Å². The van der Waals surface area contributed by atoms with Gasteiger partial charge in [-0.2, -0.15) is 0 Å². The van der Waals surface area contributed by atoms with Crippen LogP contribution in [-0.2, 0) is 0 Å². The van der Waals surface area contributed by atoms with Crippen LogP contribution in [-0.4, -0.2) is 21.2 Å². The largest absolute Gasteiger partial charge is 0.506 e. The maximum absolute atomic E-state index is 10.9. The van der Waals surface area contributed by atoms with Gasteiger partial charge in [0.1, 0.15) is 11.3 Å². The van der Waals surface area contributed by atoms with Gasteiger partial charge < -0.3 is 10.2 Å². The van der Waals surface area contributed by atoms with E-state index in [1.54, 1.807) is 48.7 Å². The summed E-state index contributed by atoms with van der Waals surface area (Å²) in [4.78, 5) is 15.0. The molecule has 0 fully saturated rings. The van der Waals surface area contributed by atoms with Gasteiger partial charge in [-0.1, -0.05) is 18.2 Å². The normalized spacial score (nSPS) is 10.6. The molecule has 2 N–H and O–H groups in total. The number of phenolic OH excluding ortho intramolecular Hbond substituents is 1. The Balaban J connectivity index is 2.19. The average Bonchev–Trinajstić information content (AvgIpc) is 2.48. The highest BCUT2D eigenvalue weighted by molar-refractivity contribution is 5.98. The molecule has 0 amide bonds. The third kappa shape index (κ3) is 1.97. The lowest BCUT2D eigenvalue weighted by molar-refractivity contribution is 0.0697. The lowest BCUT2D eigenvalue weighted by Gasteiger charge is -2.08. The molecule has 0 aliphatic carbocycles. The number of phenols is 1. The molecule has 4 heteroatoms. The molecule has 3 rings (SSSR count). The molecule has 0 unspecified atom stereocenters. The highest BCUT2D eigenvalue weighted by Gasteiger charge is 2.09. The maximum atomic E-state index is 10.9. The number of benzene rings is 2. The molecule has 0 aliphatic heterocycles. The molecule has 1 heterocycles. The zero-order chi connectivity index (χ0) is 14.1. The molecule has 98 valence electrons. The van der Waals surface area contributed by atoms with Crippen LogP contribution in [0.25, 0.3) is 22.0 Å². The fourth-order valence-corrected chi connectivity index (χ4v) is 2.20. The van der Waals surface area contributed by atoms with Crippen LogP contribution in [0.15, 0.2) is 54.7 Å². The molecule has 0 saturated carbocycles. The van der Waals surface area contributed by atoms with Gasteiger partial charge in [0.2, 0.25) is 0 Å². The first-order valence-electron chi connectivity index (χ1n) is 6.07. The van der Waals surface area contributed by atoms with E-state index in [9.17, 15) is 9.90 Å². The van der Waals surface area contributed by atoms with Crippen molar-refractivity contribution < 1.29 is 15.0 Å². The highest BCUT2D eigenvalue weighted by atomic mass is 16.4. The zero-order valence-corrected chi connectivity index (χ0v) is 10.4. The Morgan fingerprint density at radius 3 is 2.45 bits per heavy atom. The van der Waals surface area contributed by atoms with Crippen LogP contribution in [0.1, 0.15) is 10.4 Å². The van der Waals surface area contributed by atoms with Crippen LogP contribution in [0, 0.1) is 0 Å². The number of carboxylic acid groups (broad SMARTS) is 1. The number of aromatic carboxylic acids is 1. The number of carbonyl (C=O) groups is 1. The van der Waals surface area contributed by atoms with E-state index in [4.69, 9.17) is 5.11 Å². The number of hydrogen-bond donors (Lipinski definition) is 2. The van der Waals surface area contributed by atoms with E-state index in [-0.39, 0.29) is 11.3 Å². The van der Waals surface area contributed by atoms with Crippen LogP contribution in [0.3, 0.4) is 0 Å². The fraction of sp³-hybridized carbons (Fsp3) is 0. The van der Waals surface area contributed by atoms with Crippen molar-refractivity contribution >= 4 is 16.9 Å². The van der Waals surface area contributed by atoms with Crippen molar-refractivity contribution in [2.45, 2.75) is 0 Å². The van der Waals surface area contributed by atoms with Crippen molar-refractivity contribution in [1.29, 1.82) is 0 Å². The molecular weight excluding hydrogens is 254 g/mol. The van der Waals surface area contributed by atoms with E-state index < -0.39 is 5.97 Å². The van der Waals surface area contributed by atoms with Crippen molar-refractivity contribution in [1.82, 2.24) is 4.98 Å². The average molecular weight is 265 g/mol. The first-order chi connectivity index (χ1) is 9.66. The summed E-state index contributed by atoms with van der Waals surface area (Å²) in [7, 11) is 0. The van der Waals surface area contributed by atoms with Crippen molar-refractivity contribution in [2.24, 2.45) is 0 Å². The van der Waals surface area contributed by atoms with E-state index in [1.807, 2.05) is 6.07 Å². The molecule has 4 nitrogen and oxygen atoms in total. The molecule has 1 aromatic heterocycles. The Labute approximate surface area is 115 Å². The second-order valence-electron chi connectivity index (χ2n) is 4.41. The number of fused-ring (bicyclic) bond motifs is 1. The highest BCUT2D eigenvalue weighted by Crippen LogP contribution is 2.32. The molecule has 0 aliphatic rings. The summed E-state index contributed by atoms with van der Waals surface area (Å²) in [6, 6.07) is 13.7. The van der Waals surface area contributed by atoms with Gasteiger partial charge in [0.05, 0.1) is 5.56 Å². The summed E-state index contributed by atoms with van der Waals surface area (Å²) in [6.45, 7) is 0. The van der Waals surface area contributed by atoms with Gasteiger partial charge >= 0.3 is 5.97 Å². The predicted molar refractivity (Wildman–Crippen MR) is 75.8 cm³/mol. The number of hydrogen-bond acceptors (Lipinski definition) is 3. The number of pyridine rings is 1. The van der Waals surface area contributed by atoms with Crippen molar-refractivity contribution in [3.63, 3.8) is 0 Å². The molecule has 0 radical (unpaired) electrons. The van der Waals surface area contributed by atoms with E-state index >= 15 is 0 Å². The summed E-state index contributed by atoms with van der Waals surface area (Å²) in [6.07, 6.45) is 1.62. The summed E-state index contributed by atoms with van der Waals surface area (Å²) in [5.41, 5.74) is 2.57. The van der Waals surface area contributed by atoms with Crippen LogP contribution in [0.4, 0.5) is 0 Å². The third-order valence-corrected chi connectivity index (χ3v) is 3.19. The molecule has 0 bridgehead atoms. The van der Waals surface area contributed by atoms with Crippen molar-refractivity contribution in [3.05, 3.63) is 60.3 Å². The molecule has 2 aromatic carbocycles. The zero-order valence-electron chi connectivity index (χ0n) is 10.4. The Morgan fingerprint density at radius 1 is 1.00 bits per heavy atom.